The normalized spacial score (nSPS) is 20.6. The molecule has 1 fully saturated rings. The second-order valence-electron chi connectivity index (χ2n) is 2.53. The molecule has 62 valence electrons. The topological polar surface area (TPSA) is 21.8 Å². The molecule has 2 radical (unpaired) electrons. The van der Waals surface area contributed by atoms with E-state index in [4.69, 9.17) is 21.1 Å². The average Bonchev–Trinajstić information content (AvgIpc) is 2.86. The van der Waals surface area contributed by atoms with Gasteiger partial charge in [-0.3, -0.25) is 0 Å². The van der Waals surface area contributed by atoms with Gasteiger partial charge in [-0.1, -0.05) is 17.7 Å². The predicted molar refractivity (Wildman–Crippen MR) is 44.4 cm³/mol. The van der Waals surface area contributed by atoms with Gasteiger partial charge in [0.2, 0.25) is 0 Å². The molecule has 2 nitrogen and oxygen atoms in total. The Balaban J connectivity index is 1.96. The van der Waals surface area contributed by atoms with Gasteiger partial charge in [0.1, 0.15) is 18.5 Å². The van der Waals surface area contributed by atoms with E-state index < -0.39 is 0 Å². The van der Waals surface area contributed by atoms with Crippen LogP contribution in [0.1, 0.15) is 0 Å². The van der Waals surface area contributed by atoms with Gasteiger partial charge in [-0.05, 0) is 6.07 Å². The third kappa shape index (κ3) is 1.90. The monoisotopic (exact) mass is 182 g/mol. The predicted octanol–water partition coefficient (Wildman–Crippen LogP) is 1.72. The van der Waals surface area contributed by atoms with Gasteiger partial charge in [-0.2, -0.15) is 0 Å². The van der Waals surface area contributed by atoms with Crippen LogP contribution in [0.2, 0.25) is 5.02 Å². The van der Waals surface area contributed by atoms with Gasteiger partial charge in [0.25, 0.3) is 0 Å². The molecule has 1 aromatic carbocycles. The minimum Gasteiger partial charge on any atom is -0.489 e. The van der Waals surface area contributed by atoms with Crippen molar-refractivity contribution in [2.75, 3.05) is 13.2 Å². The molecule has 1 aromatic rings. The second-order valence-corrected chi connectivity index (χ2v) is 2.91. The second kappa shape index (κ2) is 3.33. The van der Waals surface area contributed by atoms with Gasteiger partial charge in [0, 0.05) is 12.1 Å². The summed E-state index contributed by atoms with van der Waals surface area (Å²) in [7, 11) is 0. The van der Waals surface area contributed by atoms with E-state index in [1.54, 1.807) is 12.1 Å². The van der Waals surface area contributed by atoms with Crippen molar-refractivity contribution in [3.8, 4) is 5.75 Å². The van der Waals surface area contributed by atoms with E-state index >= 15 is 0 Å². The average molecular weight is 183 g/mol. The Kier molecular flexibility index (Phi) is 2.19. The molecule has 12 heavy (non-hydrogen) atoms. The number of rotatable bonds is 3. The first-order valence-electron chi connectivity index (χ1n) is 3.68. The van der Waals surface area contributed by atoms with Crippen LogP contribution < -0.4 is 4.74 Å². The molecule has 2 rings (SSSR count). The van der Waals surface area contributed by atoms with Crippen LogP contribution in [0, 0.1) is 12.1 Å². The van der Waals surface area contributed by atoms with E-state index in [0.29, 0.717) is 17.4 Å². The molecule has 1 unspecified atom stereocenters. The third-order valence-corrected chi connectivity index (χ3v) is 1.80. The highest BCUT2D eigenvalue weighted by Gasteiger charge is 2.23. The maximum Gasteiger partial charge on any atom is 0.146 e. The summed E-state index contributed by atoms with van der Waals surface area (Å²) < 4.78 is 10.3. The van der Waals surface area contributed by atoms with E-state index in [1.165, 1.54) is 0 Å². The van der Waals surface area contributed by atoms with Crippen molar-refractivity contribution >= 4 is 11.6 Å². The van der Waals surface area contributed by atoms with Gasteiger partial charge in [-0.25, -0.2) is 0 Å². The van der Waals surface area contributed by atoms with Gasteiger partial charge in [0.15, 0.2) is 0 Å². The van der Waals surface area contributed by atoms with Crippen LogP contribution in [0.25, 0.3) is 0 Å². The van der Waals surface area contributed by atoms with Crippen LogP contribution in [0.15, 0.2) is 12.1 Å². The summed E-state index contributed by atoms with van der Waals surface area (Å²) in [5.41, 5.74) is 0. The van der Waals surface area contributed by atoms with Crippen LogP contribution in [0.4, 0.5) is 0 Å². The van der Waals surface area contributed by atoms with Gasteiger partial charge in [0.05, 0.1) is 11.6 Å². The Morgan fingerprint density at radius 2 is 2.33 bits per heavy atom. The Hall–Kier alpha value is -0.730. The molecule has 1 aliphatic rings. The fourth-order valence-electron chi connectivity index (χ4n) is 0.807. The lowest BCUT2D eigenvalue weighted by molar-refractivity contribution is 0.262. The van der Waals surface area contributed by atoms with Crippen molar-refractivity contribution in [1.29, 1.82) is 0 Å². The van der Waals surface area contributed by atoms with Crippen molar-refractivity contribution in [3.05, 3.63) is 29.3 Å². The lowest BCUT2D eigenvalue weighted by Gasteiger charge is -2.03. The van der Waals surface area contributed by atoms with Crippen LogP contribution in [-0.2, 0) is 4.74 Å². The molecule has 0 amide bonds. The Morgan fingerprint density at radius 3 is 3.00 bits per heavy atom. The number of benzene rings is 1. The summed E-state index contributed by atoms with van der Waals surface area (Å²) in [6, 6.07) is 9.11. The highest BCUT2D eigenvalue weighted by molar-refractivity contribution is 6.31. The van der Waals surface area contributed by atoms with Gasteiger partial charge < -0.3 is 9.47 Å². The van der Waals surface area contributed by atoms with E-state index in [9.17, 15) is 0 Å². The van der Waals surface area contributed by atoms with Crippen molar-refractivity contribution in [1.82, 2.24) is 0 Å². The Bertz CT molecular complexity index is 271. The molecular formula is C9H7ClO2. The summed E-state index contributed by atoms with van der Waals surface area (Å²) in [6.07, 6.45) is 0.245. The minimum absolute atomic E-state index is 0.245. The molecule has 0 spiro atoms. The standard InChI is InChI=1S/C9H7ClO2/c10-8-3-1-2-4-9(8)12-6-7-5-11-7/h1-2,7H,5-6H2. The molecule has 1 atom stereocenters. The quantitative estimate of drug-likeness (QED) is 0.664. The highest BCUT2D eigenvalue weighted by Crippen LogP contribution is 2.23. The summed E-state index contributed by atoms with van der Waals surface area (Å²) in [6.45, 7) is 1.34. The molecule has 3 heteroatoms. The van der Waals surface area contributed by atoms with E-state index in [1.807, 2.05) is 0 Å². The maximum absolute atomic E-state index is 5.78. The van der Waals surface area contributed by atoms with Crippen LogP contribution in [0.3, 0.4) is 0 Å². The zero-order valence-corrected chi connectivity index (χ0v) is 7.10. The third-order valence-electron chi connectivity index (χ3n) is 1.52. The largest absolute Gasteiger partial charge is 0.489 e. The fourth-order valence-corrected chi connectivity index (χ4v) is 0.979. The first-order valence-corrected chi connectivity index (χ1v) is 4.06. The molecular weight excluding hydrogens is 176 g/mol. The Labute approximate surface area is 76.1 Å². The molecule has 1 saturated heterocycles. The molecule has 0 bridgehead atoms. The molecule has 0 aromatic heterocycles. The smallest absolute Gasteiger partial charge is 0.146 e. The molecule has 0 N–H and O–H groups in total. The molecule has 0 saturated carbocycles. The highest BCUT2D eigenvalue weighted by atomic mass is 35.5. The summed E-state index contributed by atoms with van der Waals surface area (Å²) in [5.74, 6) is 0.551. The zero-order valence-electron chi connectivity index (χ0n) is 6.34. The van der Waals surface area contributed by atoms with Crippen LogP contribution >= 0.6 is 11.6 Å². The van der Waals surface area contributed by atoms with Crippen molar-refractivity contribution in [2.45, 2.75) is 6.10 Å². The van der Waals surface area contributed by atoms with Gasteiger partial charge in [-0.15, -0.1) is 0 Å². The van der Waals surface area contributed by atoms with E-state index in [-0.39, 0.29) is 6.10 Å². The summed E-state index contributed by atoms with van der Waals surface area (Å²) >= 11 is 5.78. The lowest BCUT2D eigenvalue weighted by atomic mass is 10.3. The first-order chi connectivity index (χ1) is 5.86. The van der Waals surface area contributed by atoms with Crippen molar-refractivity contribution < 1.29 is 9.47 Å². The van der Waals surface area contributed by atoms with Crippen LogP contribution in [0.5, 0.6) is 5.75 Å². The zero-order chi connectivity index (χ0) is 8.39. The maximum atomic E-state index is 5.78. The van der Waals surface area contributed by atoms with Crippen LogP contribution in [-0.4, -0.2) is 19.3 Å². The number of epoxide rings is 1. The number of hydrogen-bond acceptors (Lipinski definition) is 2. The minimum atomic E-state index is 0.245. The lowest BCUT2D eigenvalue weighted by Crippen LogP contribution is -2.04. The number of ether oxygens (including phenoxy) is 2. The fraction of sp³-hybridized carbons (Fsp3) is 0.333. The van der Waals surface area contributed by atoms with Crippen molar-refractivity contribution in [2.24, 2.45) is 0 Å². The first kappa shape index (κ1) is 7.90. The number of halogens is 1. The van der Waals surface area contributed by atoms with Crippen molar-refractivity contribution in [3.63, 3.8) is 0 Å². The van der Waals surface area contributed by atoms with Gasteiger partial charge >= 0.3 is 0 Å². The molecule has 1 aliphatic heterocycles. The Morgan fingerprint density at radius 1 is 1.58 bits per heavy atom. The SMILES string of the molecule is Clc1[c]cc[c]c1OCC1CO1. The molecule has 1 heterocycles. The van der Waals surface area contributed by atoms with E-state index in [2.05, 4.69) is 12.1 Å². The summed E-state index contributed by atoms with van der Waals surface area (Å²) in [5, 5.41) is 0.471. The number of hydrogen-bond donors (Lipinski definition) is 0. The molecule has 0 aliphatic carbocycles. The van der Waals surface area contributed by atoms with E-state index in [0.717, 1.165) is 6.61 Å². The summed E-state index contributed by atoms with van der Waals surface area (Å²) in [4.78, 5) is 0.